The Morgan fingerprint density at radius 1 is 1.29 bits per heavy atom. The SMILES string of the molecule is CCCCC[C@H](O)C=C[C@H]1[C@H](O)CC(=O)[C@@H]1CC=CCCCC(=O)NCCO. The second kappa shape index (κ2) is 14.5. The van der Waals surface area contributed by atoms with Gasteiger partial charge in [-0.1, -0.05) is 50.5 Å². The minimum atomic E-state index is -0.680. The number of carbonyl (C=O) groups is 2. The predicted molar refractivity (Wildman–Crippen MR) is 110 cm³/mol. The molecule has 0 aromatic rings. The third-order valence-electron chi connectivity index (χ3n) is 5.16. The summed E-state index contributed by atoms with van der Waals surface area (Å²) >= 11 is 0. The van der Waals surface area contributed by atoms with E-state index in [2.05, 4.69) is 12.2 Å². The largest absolute Gasteiger partial charge is 0.395 e. The van der Waals surface area contributed by atoms with Gasteiger partial charge in [-0.25, -0.2) is 0 Å². The molecule has 0 heterocycles. The van der Waals surface area contributed by atoms with E-state index in [0.717, 1.165) is 25.7 Å². The first-order valence-corrected chi connectivity index (χ1v) is 10.6. The monoisotopic (exact) mass is 395 g/mol. The van der Waals surface area contributed by atoms with E-state index >= 15 is 0 Å². The molecule has 0 spiro atoms. The number of ketones is 1. The molecule has 1 saturated carbocycles. The molecule has 0 radical (unpaired) electrons. The summed E-state index contributed by atoms with van der Waals surface area (Å²) in [4.78, 5) is 23.6. The Balaban J connectivity index is 2.40. The van der Waals surface area contributed by atoms with Crippen LogP contribution in [-0.2, 0) is 9.59 Å². The highest BCUT2D eigenvalue weighted by Gasteiger charge is 2.39. The van der Waals surface area contributed by atoms with Gasteiger partial charge in [-0.05, 0) is 25.7 Å². The molecule has 1 fully saturated rings. The minimum absolute atomic E-state index is 0.0573. The maximum Gasteiger partial charge on any atom is 0.220 e. The van der Waals surface area contributed by atoms with Gasteiger partial charge in [0.2, 0.25) is 5.91 Å². The third-order valence-corrected chi connectivity index (χ3v) is 5.16. The van der Waals surface area contributed by atoms with Crippen molar-refractivity contribution >= 4 is 11.7 Å². The highest BCUT2D eigenvalue weighted by molar-refractivity contribution is 5.84. The van der Waals surface area contributed by atoms with Crippen molar-refractivity contribution in [2.75, 3.05) is 13.2 Å². The van der Waals surface area contributed by atoms with Gasteiger partial charge < -0.3 is 20.6 Å². The fraction of sp³-hybridized carbons (Fsp3) is 0.727. The van der Waals surface area contributed by atoms with Crippen molar-refractivity contribution < 1.29 is 24.9 Å². The van der Waals surface area contributed by atoms with E-state index in [1.165, 1.54) is 0 Å². The Hall–Kier alpha value is -1.50. The molecule has 0 aliphatic heterocycles. The van der Waals surface area contributed by atoms with Gasteiger partial charge in [0.15, 0.2) is 0 Å². The lowest BCUT2D eigenvalue weighted by molar-refractivity contribution is -0.122. The normalized spacial score (nSPS) is 23.7. The number of carbonyl (C=O) groups excluding carboxylic acids is 2. The van der Waals surface area contributed by atoms with Crippen LogP contribution in [0.2, 0.25) is 0 Å². The van der Waals surface area contributed by atoms with Gasteiger partial charge >= 0.3 is 0 Å². The second-order valence-electron chi connectivity index (χ2n) is 7.54. The van der Waals surface area contributed by atoms with Crippen molar-refractivity contribution in [1.82, 2.24) is 5.32 Å². The lowest BCUT2D eigenvalue weighted by Gasteiger charge is -2.16. The Labute approximate surface area is 168 Å². The van der Waals surface area contributed by atoms with E-state index in [1.807, 2.05) is 18.2 Å². The average Bonchev–Trinajstić information content (AvgIpc) is 2.94. The summed E-state index contributed by atoms with van der Waals surface area (Å²) in [6.07, 6.45) is 12.7. The van der Waals surface area contributed by atoms with Crippen LogP contribution in [0.1, 0.15) is 64.7 Å². The number of rotatable bonds is 14. The predicted octanol–water partition coefficient (Wildman–Crippen LogP) is 2.28. The van der Waals surface area contributed by atoms with Crippen LogP contribution in [0.15, 0.2) is 24.3 Å². The summed E-state index contributed by atoms with van der Waals surface area (Å²) < 4.78 is 0. The smallest absolute Gasteiger partial charge is 0.220 e. The maximum atomic E-state index is 12.2. The van der Waals surface area contributed by atoms with Gasteiger partial charge in [0.05, 0.1) is 18.8 Å². The standard InChI is InChI=1S/C22H37NO5/c1-2-3-6-9-17(25)12-13-19-18(20(26)16-21(19)27)10-7-4-5-8-11-22(28)23-14-15-24/h4,7,12-13,17-19,21,24-25,27H,2-3,5-6,8-11,14-16H2,1H3,(H,23,28)/t17-,18+,19+,21+/m0/s1. The first-order valence-electron chi connectivity index (χ1n) is 10.6. The number of hydrogen-bond donors (Lipinski definition) is 4. The molecule has 0 saturated heterocycles. The zero-order valence-corrected chi connectivity index (χ0v) is 17.1. The van der Waals surface area contributed by atoms with Gasteiger partial charge in [-0.3, -0.25) is 9.59 Å². The number of amides is 1. The van der Waals surface area contributed by atoms with Crippen molar-refractivity contribution in [1.29, 1.82) is 0 Å². The molecule has 0 bridgehead atoms. The first-order chi connectivity index (χ1) is 13.5. The van der Waals surface area contributed by atoms with Crippen molar-refractivity contribution in [2.45, 2.75) is 76.9 Å². The summed E-state index contributed by atoms with van der Waals surface area (Å²) in [5, 5.41) is 31.5. The topological polar surface area (TPSA) is 107 Å². The molecule has 1 aliphatic carbocycles. The fourth-order valence-corrected chi connectivity index (χ4v) is 3.51. The van der Waals surface area contributed by atoms with Gasteiger partial charge in [0.25, 0.3) is 0 Å². The molecule has 160 valence electrons. The molecule has 1 rings (SSSR count). The van der Waals surface area contributed by atoms with E-state index in [9.17, 15) is 19.8 Å². The van der Waals surface area contributed by atoms with Gasteiger partial charge in [-0.15, -0.1) is 0 Å². The van der Waals surface area contributed by atoms with Crippen molar-refractivity contribution in [2.24, 2.45) is 11.8 Å². The number of aliphatic hydroxyl groups excluding tert-OH is 3. The van der Waals surface area contributed by atoms with E-state index in [4.69, 9.17) is 5.11 Å². The number of nitrogens with one attached hydrogen (secondary N) is 1. The number of unbranched alkanes of at least 4 members (excludes halogenated alkanes) is 3. The van der Waals surface area contributed by atoms with Crippen LogP contribution in [0.4, 0.5) is 0 Å². The molecule has 28 heavy (non-hydrogen) atoms. The summed E-state index contributed by atoms with van der Waals surface area (Å²) in [5.41, 5.74) is 0. The van der Waals surface area contributed by atoms with Crippen LogP contribution >= 0.6 is 0 Å². The highest BCUT2D eigenvalue weighted by atomic mass is 16.3. The first kappa shape index (κ1) is 24.5. The summed E-state index contributed by atoms with van der Waals surface area (Å²) in [5.74, 6) is -0.504. The van der Waals surface area contributed by atoms with Gasteiger partial charge in [0, 0.05) is 31.2 Å². The Bertz CT molecular complexity index is 517. The maximum absolute atomic E-state index is 12.2. The number of hydrogen-bond acceptors (Lipinski definition) is 5. The van der Waals surface area contributed by atoms with Crippen LogP contribution in [0.3, 0.4) is 0 Å². The van der Waals surface area contributed by atoms with Crippen LogP contribution in [0.5, 0.6) is 0 Å². The van der Waals surface area contributed by atoms with Gasteiger partial charge in [-0.2, -0.15) is 0 Å². The molecule has 0 aromatic heterocycles. The number of allylic oxidation sites excluding steroid dienone is 2. The molecule has 6 nitrogen and oxygen atoms in total. The van der Waals surface area contributed by atoms with E-state index < -0.39 is 12.2 Å². The molecule has 1 amide bonds. The average molecular weight is 396 g/mol. The van der Waals surface area contributed by atoms with E-state index in [0.29, 0.717) is 25.7 Å². The Kier molecular flexibility index (Phi) is 12.7. The second-order valence-corrected chi connectivity index (χ2v) is 7.54. The summed E-state index contributed by atoms with van der Waals surface area (Å²) in [7, 11) is 0. The Morgan fingerprint density at radius 2 is 2.07 bits per heavy atom. The molecule has 6 heteroatoms. The lowest BCUT2D eigenvalue weighted by atomic mass is 9.90. The molecular formula is C22H37NO5. The lowest BCUT2D eigenvalue weighted by Crippen LogP contribution is -2.25. The summed E-state index contributed by atoms with van der Waals surface area (Å²) in [6, 6.07) is 0. The third kappa shape index (κ3) is 9.62. The van der Waals surface area contributed by atoms with Crippen LogP contribution in [0, 0.1) is 11.8 Å². The molecule has 1 aliphatic rings. The minimum Gasteiger partial charge on any atom is -0.395 e. The highest BCUT2D eigenvalue weighted by Crippen LogP contribution is 2.33. The zero-order chi connectivity index (χ0) is 20.8. The molecule has 4 N–H and O–H groups in total. The van der Waals surface area contributed by atoms with Gasteiger partial charge in [0.1, 0.15) is 5.78 Å². The van der Waals surface area contributed by atoms with E-state index in [-0.39, 0.29) is 43.1 Å². The number of aliphatic hydroxyl groups is 3. The Morgan fingerprint density at radius 3 is 2.79 bits per heavy atom. The van der Waals surface area contributed by atoms with E-state index in [1.54, 1.807) is 6.08 Å². The summed E-state index contributed by atoms with van der Waals surface area (Å²) in [6.45, 7) is 2.34. The van der Waals surface area contributed by atoms with Crippen molar-refractivity contribution in [3.05, 3.63) is 24.3 Å². The molecule has 0 unspecified atom stereocenters. The zero-order valence-electron chi connectivity index (χ0n) is 17.1. The van der Waals surface area contributed by atoms with Crippen molar-refractivity contribution in [3.63, 3.8) is 0 Å². The molecular weight excluding hydrogens is 358 g/mol. The number of Topliss-reactive ketones (excluding diaryl/α,β-unsaturated/α-hetero) is 1. The molecule has 0 aromatic carbocycles. The quantitative estimate of drug-likeness (QED) is 0.267. The fourth-order valence-electron chi connectivity index (χ4n) is 3.51. The van der Waals surface area contributed by atoms with Crippen LogP contribution in [0.25, 0.3) is 0 Å². The van der Waals surface area contributed by atoms with Crippen molar-refractivity contribution in [3.8, 4) is 0 Å². The molecule has 4 atom stereocenters. The van der Waals surface area contributed by atoms with Crippen LogP contribution in [-0.4, -0.2) is 52.4 Å². The van der Waals surface area contributed by atoms with Crippen LogP contribution < -0.4 is 5.32 Å².